The summed E-state index contributed by atoms with van der Waals surface area (Å²) >= 11 is 2.16. The molecule has 1 atom stereocenters. The van der Waals surface area contributed by atoms with Crippen LogP contribution >= 0.6 is 22.6 Å². The number of rotatable bonds is 4. The van der Waals surface area contributed by atoms with E-state index < -0.39 is 23.6 Å². The molecular formula is C15H12F2INO2. The van der Waals surface area contributed by atoms with Crippen LogP contribution in [0.15, 0.2) is 42.5 Å². The molecule has 110 valence electrons. The van der Waals surface area contributed by atoms with E-state index >= 15 is 0 Å². The number of carbonyl (C=O) groups is 1. The van der Waals surface area contributed by atoms with E-state index in [1.807, 2.05) is 12.1 Å². The van der Waals surface area contributed by atoms with E-state index in [9.17, 15) is 13.6 Å². The quantitative estimate of drug-likeness (QED) is 0.785. The second-order valence-corrected chi connectivity index (χ2v) is 5.57. The fraction of sp³-hybridized carbons (Fsp3) is 0.133. The van der Waals surface area contributed by atoms with Crippen LogP contribution in [0.4, 0.5) is 14.5 Å². The Morgan fingerprint density at radius 3 is 2.48 bits per heavy atom. The molecule has 0 aromatic heterocycles. The van der Waals surface area contributed by atoms with E-state index in [1.165, 1.54) is 6.07 Å². The minimum atomic E-state index is -0.829. The summed E-state index contributed by atoms with van der Waals surface area (Å²) < 4.78 is 32.7. The predicted octanol–water partition coefficient (Wildman–Crippen LogP) is 3.98. The van der Waals surface area contributed by atoms with Gasteiger partial charge in [0.2, 0.25) is 0 Å². The third-order valence-corrected chi connectivity index (χ3v) is 3.40. The number of halogens is 3. The zero-order chi connectivity index (χ0) is 15.4. The minimum absolute atomic E-state index is 0.0838. The van der Waals surface area contributed by atoms with Crippen molar-refractivity contribution in [3.05, 3.63) is 57.7 Å². The maximum Gasteiger partial charge on any atom is 0.265 e. The smallest absolute Gasteiger partial charge is 0.265 e. The number of hydrogen-bond donors (Lipinski definition) is 1. The van der Waals surface area contributed by atoms with Gasteiger partial charge < -0.3 is 10.1 Å². The van der Waals surface area contributed by atoms with Gasteiger partial charge in [-0.05, 0) is 65.9 Å². The van der Waals surface area contributed by atoms with Crippen LogP contribution < -0.4 is 10.1 Å². The topological polar surface area (TPSA) is 38.3 Å². The Morgan fingerprint density at radius 1 is 1.19 bits per heavy atom. The van der Waals surface area contributed by atoms with Gasteiger partial charge in [-0.25, -0.2) is 8.78 Å². The van der Waals surface area contributed by atoms with Crippen LogP contribution in [0.3, 0.4) is 0 Å². The van der Waals surface area contributed by atoms with Gasteiger partial charge in [0.25, 0.3) is 5.91 Å². The third-order valence-electron chi connectivity index (χ3n) is 2.68. The molecule has 0 saturated heterocycles. The van der Waals surface area contributed by atoms with E-state index in [1.54, 1.807) is 19.1 Å². The average Bonchev–Trinajstić information content (AvgIpc) is 2.44. The zero-order valence-electron chi connectivity index (χ0n) is 11.1. The van der Waals surface area contributed by atoms with E-state index in [0.717, 1.165) is 9.64 Å². The van der Waals surface area contributed by atoms with Crippen LogP contribution in [-0.2, 0) is 4.79 Å². The number of hydrogen-bond acceptors (Lipinski definition) is 2. The van der Waals surface area contributed by atoms with Gasteiger partial charge in [-0.2, -0.15) is 0 Å². The Hall–Kier alpha value is -1.70. The third kappa shape index (κ3) is 4.38. The largest absolute Gasteiger partial charge is 0.481 e. The number of benzene rings is 2. The van der Waals surface area contributed by atoms with Crippen LogP contribution in [0.2, 0.25) is 0 Å². The second kappa shape index (κ2) is 6.84. The Bertz CT molecular complexity index is 647. The highest BCUT2D eigenvalue weighted by Crippen LogP contribution is 2.17. The molecule has 1 N–H and O–H groups in total. The number of amides is 1. The van der Waals surface area contributed by atoms with Crippen molar-refractivity contribution in [2.24, 2.45) is 0 Å². The van der Waals surface area contributed by atoms with E-state index in [-0.39, 0.29) is 5.69 Å². The van der Waals surface area contributed by atoms with Gasteiger partial charge in [0.15, 0.2) is 6.10 Å². The van der Waals surface area contributed by atoms with E-state index in [4.69, 9.17) is 4.74 Å². The molecule has 0 aliphatic rings. The summed E-state index contributed by atoms with van der Waals surface area (Å²) in [6.07, 6.45) is -0.811. The Labute approximate surface area is 134 Å². The first-order chi connectivity index (χ1) is 9.95. The van der Waals surface area contributed by atoms with Crippen molar-refractivity contribution in [2.45, 2.75) is 13.0 Å². The molecule has 2 aromatic rings. The molecule has 0 spiro atoms. The first-order valence-corrected chi connectivity index (χ1v) is 7.22. The lowest BCUT2D eigenvalue weighted by Gasteiger charge is -2.15. The molecule has 1 amide bonds. The molecule has 0 heterocycles. The molecule has 6 heteroatoms. The molecule has 0 fully saturated rings. The number of carbonyl (C=O) groups excluding carboxylic acids is 1. The number of ether oxygens (including phenoxy) is 1. The van der Waals surface area contributed by atoms with E-state index in [2.05, 4.69) is 27.9 Å². The Balaban J connectivity index is 2.00. The molecule has 0 saturated carbocycles. The highest BCUT2D eigenvalue weighted by Gasteiger charge is 2.16. The van der Waals surface area contributed by atoms with Crippen molar-refractivity contribution < 1.29 is 18.3 Å². The predicted molar refractivity (Wildman–Crippen MR) is 84.2 cm³/mol. The van der Waals surface area contributed by atoms with Gasteiger partial charge in [-0.15, -0.1) is 0 Å². The number of nitrogens with one attached hydrogen (secondary N) is 1. The molecule has 0 aliphatic carbocycles. The molecule has 0 aliphatic heterocycles. The monoisotopic (exact) mass is 403 g/mol. The highest BCUT2D eigenvalue weighted by molar-refractivity contribution is 14.1. The fourth-order valence-corrected chi connectivity index (χ4v) is 1.96. The van der Waals surface area contributed by atoms with Crippen LogP contribution in [0.25, 0.3) is 0 Å². The normalized spacial score (nSPS) is 11.8. The minimum Gasteiger partial charge on any atom is -0.481 e. The summed E-state index contributed by atoms with van der Waals surface area (Å²) in [6.45, 7) is 1.55. The van der Waals surface area contributed by atoms with Crippen LogP contribution in [-0.4, -0.2) is 12.0 Å². The first-order valence-electron chi connectivity index (χ1n) is 6.14. The molecule has 21 heavy (non-hydrogen) atoms. The van der Waals surface area contributed by atoms with Crippen LogP contribution in [0, 0.1) is 15.2 Å². The summed E-state index contributed by atoms with van der Waals surface area (Å²) in [5, 5.41) is 2.36. The summed E-state index contributed by atoms with van der Waals surface area (Å²) in [7, 11) is 0. The summed E-state index contributed by atoms with van der Waals surface area (Å²) in [4.78, 5) is 11.9. The van der Waals surface area contributed by atoms with Crippen molar-refractivity contribution in [1.29, 1.82) is 0 Å². The van der Waals surface area contributed by atoms with Crippen molar-refractivity contribution in [1.82, 2.24) is 0 Å². The summed E-state index contributed by atoms with van der Waals surface area (Å²) in [5.74, 6) is -1.50. The van der Waals surface area contributed by atoms with Gasteiger partial charge in [0, 0.05) is 9.64 Å². The SMILES string of the molecule is C[C@@H](Oc1ccc(I)cc1)C(=O)Nc1ccc(F)cc1F. The van der Waals surface area contributed by atoms with Crippen molar-refractivity contribution in [3.63, 3.8) is 0 Å². The first kappa shape index (κ1) is 15.7. The van der Waals surface area contributed by atoms with Crippen molar-refractivity contribution >= 4 is 34.2 Å². The van der Waals surface area contributed by atoms with Crippen LogP contribution in [0.1, 0.15) is 6.92 Å². The maximum absolute atomic E-state index is 13.4. The molecule has 3 nitrogen and oxygen atoms in total. The lowest BCUT2D eigenvalue weighted by Crippen LogP contribution is -2.30. The number of anilines is 1. The molecule has 0 radical (unpaired) electrons. The summed E-state index contributed by atoms with van der Waals surface area (Å²) in [6, 6.07) is 10.1. The Morgan fingerprint density at radius 2 is 1.86 bits per heavy atom. The van der Waals surface area contributed by atoms with Gasteiger partial charge in [0.05, 0.1) is 5.69 Å². The standard InChI is InChI=1S/C15H12F2INO2/c1-9(21-12-5-3-11(18)4-6-12)15(20)19-14-7-2-10(16)8-13(14)17/h2-9H,1H3,(H,19,20)/t9-/m1/s1. The van der Waals surface area contributed by atoms with Gasteiger partial charge in [-0.1, -0.05) is 0 Å². The molecule has 0 bridgehead atoms. The van der Waals surface area contributed by atoms with E-state index in [0.29, 0.717) is 11.8 Å². The molecular weight excluding hydrogens is 391 g/mol. The zero-order valence-corrected chi connectivity index (χ0v) is 13.2. The fourth-order valence-electron chi connectivity index (χ4n) is 1.60. The molecule has 0 unspecified atom stereocenters. The molecule has 2 aromatic carbocycles. The highest BCUT2D eigenvalue weighted by atomic mass is 127. The van der Waals surface area contributed by atoms with Gasteiger partial charge in [0.1, 0.15) is 17.4 Å². The lowest BCUT2D eigenvalue weighted by molar-refractivity contribution is -0.122. The molecule has 2 rings (SSSR count). The Kier molecular flexibility index (Phi) is 5.11. The maximum atomic E-state index is 13.4. The summed E-state index contributed by atoms with van der Waals surface area (Å²) in [5.41, 5.74) is -0.0838. The van der Waals surface area contributed by atoms with Gasteiger partial charge in [-0.3, -0.25) is 4.79 Å². The van der Waals surface area contributed by atoms with Crippen molar-refractivity contribution in [3.8, 4) is 5.75 Å². The van der Waals surface area contributed by atoms with Crippen LogP contribution in [0.5, 0.6) is 5.75 Å². The van der Waals surface area contributed by atoms with Gasteiger partial charge >= 0.3 is 0 Å². The lowest BCUT2D eigenvalue weighted by atomic mass is 10.2. The second-order valence-electron chi connectivity index (χ2n) is 4.33. The van der Waals surface area contributed by atoms with Crippen molar-refractivity contribution in [2.75, 3.05) is 5.32 Å². The average molecular weight is 403 g/mol.